The quantitative estimate of drug-likeness (QED) is 0.672. The molecule has 9 heteroatoms. The van der Waals surface area contributed by atoms with Gasteiger partial charge in [0.2, 0.25) is 15.9 Å². The van der Waals surface area contributed by atoms with E-state index in [-0.39, 0.29) is 41.5 Å². The smallest absolute Gasteiger partial charge is 0.247 e. The number of aliphatic hydroxyl groups is 1. The first-order valence-corrected chi connectivity index (χ1v) is 13.0. The lowest BCUT2D eigenvalue weighted by atomic mass is 10.0. The van der Waals surface area contributed by atoms with E-state index in [2.05, 4.69) is 0 Å². The number of hydrogen-bond donors (Lipinski definition) is 1. The van der Waals surface area contributed by atoms with Gasteiger partial charge in [0, 0.05) is 31.5 Å². The molecule has 0 bridgehead atoms. The second-order valence-electron chi connectivity index (χ2n) is 9.40. The van der Waals surface area contributed by atoms with Crippen LogP contribution in [0, 0.1) is 17.7 Å². The molecule has 0 aromatic heterocycles. The number of halogens is 1. The van der Waals surface area contributed by atoms with Crippen molar-refractivity contribution >= 4 is 15.9 Å². The first-order valence-electron chi connectivity index (χ1n) is 11.6. The van der Waals surface area contributed by atoms with Gasteiger partial charge in [0.05, 0.1) is 13.2 Å². The number of likely N-dealkylation sites (N-methyl/N-ethyl adjacent to an activating group) is 1. The molecule has 0 saturated heterocycles. The molecule has 3 atom stereocenters. The van der Waals surface area contributed by atoms with E-state index >= 15 is 0 Å². The van der Waals surface area contributed by atoms with Gasteiger partial charge < -0.3 is 14.7 Å². The number of ether oxygens (including phenoxy) is 1. The second kappa shape index (κ2) is 9.64. The Kier molecular flexibility index (Phi) is 6.98. The van der Waals surface area contributed by atoms with Gasteiger partial charge in [-0.25, -0.2) is 12.8 Å². The number of rotatable bonds is 6. The predicted molar refractivity (Wildman–Crippen MR) is 126 cm³/mol. The van der Waals surface area contributed by atoms with Gasteiger partial charge in [0.25, 0.3) is 0 Å². The van der Waals surface area contributed by atoms with Gasteiger partial charge in [-0.2, -0.15) is 4.31 Å². The Balaban J connectivity index is 1.77. The molecular weight excluding hydrogens is 459 g/mol. The summed E-state index contributed by atoms with van der Waals surface area (Å²) in [6.45, 7) is 3.67. The number of amides is 1. The number of carbonyl (C=O) groups is 1. The van der Waals surface area contributed by atoms with Gasteiger partial charge in [-0.1, -0.05) is 25.1 Å². The summed E-state index contributed by atoms with van der Waals surface area (Å²) in [4.78, 5) is 14.2. The summed E-state index contributed by atoms with van der Waals surface area (Å²) in [7, 11) is -2.23. The van der Waals surface area contributed by atoms with Crippen LogP contribution in [0.3, 0.4) is 0 Å². The molecule has 1 saturated carbocycles. The molecule has 2 aromatic carbocycles. The summed E-state index contributed by atoms with van der Waals surface area (Å²) in [5.74, 6) is -0.371. The van der Waals surface area contributed by atoms with Crippen molar-refractivity contribution in [2.24, 2.45) is 11.8 Å². The lowest BCUT2D eigenvalue weighted by Crippen LogP contribution is -2.50. The zero-order valence-electron chi connectivity index (χ0n) is 19.6. The van der Waals surface area contributed by atoms with Crippen LogP contribution in [0.25, 0.3) is 11.1 Å². The molecule has 2 aromatic rings. The number of fused-ring (bicyclic) bond motifs is 1. The highest BCUT2D eigenvalue weighted by Gasteiger charge is 2.39. The number of benzene rings is 2. The highest BCUT2D eigenvalue weighted by Crippen LogP contribution is 2.37. The zero-order chi connectivity index (χ0) is 24.6. The van der Waals surface area contributed by atoms with Crippen molar-refractivity contribution in [3.63, 3.8) is 0 Å². The number of carbonyl (C=O) groups excluding carboxylic acids is 1. The van der Waals surface area contributed by atoms with Crippen LogP contribution < -0.4 is 4.74 Å². The number of aliphatic hydroxyl groups excluding tert-OH is 1. The monoisotopic (exact) mass is 490 g/mol. The van der Waals surface area contributed by atoms with Gasteiger partial charge in [-0.15, -0.1) is 0 Å². The summed E-state index contributed by atoms with van der Waals surface area (Å²) in [6, 6.07) is 10.1. The molecular formula is C25H31FN2O5S. The van der Waals surface area contributed by atoms with Crippen molar-refractivity contribution < 1.29 is 27.4 Å². The lowest BCUT2D eigenvalue weighted by molar-refractivity contribution is -0.132. The van der Waals surface area contributed by atoms with Crippen LogP contribution in [-0.2, 0) is 14.8 Å². The van der Waals surface area contributed by atoms with Crippen LogP contribution in [0.1, 0.15) is 26.7 Å². The van der Waals surface area contributed by atoms with Crippen molar-refractivity contribution in [2.45, 2.75) is 43.7 Å². The molecule has 184 valence electrons. The van der Waals surface area contributed by atoms with Crippen LogP contribution in [0.5, 0.6) is 5.75 Å². The normalized spacial score (nSPS) is 23.2. The Morgan fingerprint density at radius 1 is 1.24 bits per heavy atom. The van der Waals surface area contributed by atoms with E-state index < -0.39 is 28.0 Å². The molecule has 4 rings (SSSR count). The van der Waals surface area contributed by atoms with E-state index in [1.165, 1.54) is 22.5 Å². The molecule has 1 aliphatic heterocycles. The van der Waals surface area contributed by atoms with E-state index in [1.54, 1.807) is 43.1 Å². The van der Waals surface area contributed by atoms with E-state index in [0.29, 0.717) is 17.7 Å². The highest BCUT2D eigenvalue weighted by molar-refractivity contribution is 7.89. The van der Waals surface area contributed by atoms with E-state index in [9.17, 15) is 22.7 Å². The number of nitrogens with zero attached hydrogens (tertiary/aromatic N) is 2. The molecule has 7 nitrogen and oxygen atoms in total. The molecule has 1 N–H and O–H groups in total. The Morgan fingerprint density at radius 2 is 1.94 bits per heavy atom. The van der Waals surface area contributed by atoms with Gasteiger partial charge >= 0.3 is 0 Å². The van der Waals surface area contributed by atoms with Gasteiger partial charge in [-0.05, 0) is 55.2 Å². The Labute approximate surface area is 200 Å². The average molecular weight is 491 g/mol. The van der Waals surface area contributed by atoms with Gasteiger partial charge in [0.15, 0.2) is 0 Å². The van der Waals surface area contributed by atoms with E-state index in [4.69, 9.17) is 4.74 Å². The fourth-order valence-corrected chi connectivity index (χ4v) is 6.12. The molecule has 1 fully saturated rings. The maximum atomic E-state index is 13.8. The van der Waals surface area contributed by atoms with Crippen LogP contribution in [0.2, 0.25) is 0 Å². The topological polar surface area (TPSA) is 87.2 Å². The molecule has 1 amide bonds. The van der Waals surface area contributed by atoms with Crippen molar-refractivity contribution in [1.82, 2.24) is 9.21 Å². The number of hydrogen-bond acceptors (Lipinski definition) is 5. The molecule has 1 aliphatic carbocycles. The summed E-state index contributed by atoms with van der Waals surface area (Å²) >= 11 is 0. The van der Waals surface area contributed by atoms with E-state index in [1.807, 2.05) is 6.92 Å². The minimum Gasteiger partial charge on any atom is -0.487 e. The maximum absolute atomic E-state index is 13.8. The van der Waals surface area contributed by atoms with Crippen molar-refractivity contribution in [3.05, 3.63) is 48.3 Å². The molecule has 0 spiro atoms. The van der Waals surface area contributed by atoms with Crippen molar-refractivity contribution in [1.29, 1.82) is 0 Å². The first-order chi connectivity index (χ1) is 16.1. The third kappa shape index (κ3) is 4.96. The molecule has 0 unspecified atom stereocenters. The lowest BCUT2D eigenvalue weighted by Gasteiger charge is -2.37. The fourth-order valence-electron chi connectivity index (χ4n) is 4.29. The molecule has 0 radical (unpaired) electrons. The molecule has 1 heterocycles. The third-order valence-electron chi connectivity index (χ3n) is 6.58. The Bertz CT molecular complexity index is 1170. The Hall–Kier alpha value is -2.49. The summed E-state index contributed by atoms with van der Waals surface area (Å²) in [5.41, 5.74) is 1.21. The minimum absolute atomic E-state index is 0.0129. The Morgan fingerprint density at radius 3 is 2.59 bits per heavy atom. The number of sulfonamides is 1. The first kappa shape index (κ1) is 24.6. The standard InChI is InChI=1S/C25H31FN2O5S/c1-16-13-28(17(2)15-29)34(31,32)24-10-9-20(19-5-4-6-21(26)11-19)12-22(24)33-23(16)14-27(3)25(30)18-7-8-18/h4-6,9-12,16-18,23,29H,7-8,13-15H2,1-3H3/t16-,17-,23-/m0/s1. The SMILES string of the molecule is C[C@H]1CN([C@@H](C)CO)S(=O)(=O)c2ccc(-c3cccc(F)c3)cc2O[C@H]1CN(C)C(=O)C1CC1. The van der Waals surface area contributed by atoms with Crippen LogP contribution in [0.15, 0.2) is 47.4 Å². The predicted octanol–water partition coefficient (Wildman–Crippen LogP) is 3.13. The van der Waals surface area contributed by atoms with Crippen molar-refractivity contribution in [3.8, 4) is 16.9 Å². The summed E-state index contributed by atoms with van der Waals surface area (Å²) in [5, 5.41) is 9.76. The van der Waals surface area contributed by atoms with Crippen LogP contribution >= 0.6 is 0 Å². The largest absolute Gasteiger partial charge is 0.487 e. The van der Waals surface area contributed by atoms with Gasteiger partial charge in [-0.3, -0.25) is 4.79 Å². The third-order valence-corrected chi connectivity index (χ3v) is 8.60. The van der Waals surface area contributed by atoms with Gasteiger partial charge in [0.1, 0.15) is 22.6 Å². The zero-order valence-corrected chi connectivity index (χ0v) is 20.5. The van der Waals surface area contributed by atoms with E-state index in [0.717, 1.165) is 12.8 Å². The van der Waals surface area contributed by atoms with Crippen LogP contribution in [-0.4, -0.2) is 67.5 Å². The maximum Gasteiger partial charge on any atom is 0.247 e. The molecule has 2 aliphatic rings. The second-order valence-corrected chi connectivity index (χ2v) is 11.3. The minimum atomic E-state index is -3.97. The molecule has 34 heavy (non-hydrogen) atoms. The summed E-state index contributed by atoms with van der Waals surface area (Å²) in [6.07, 6.45) is 1.31. The van der Waals surface area contributed by atoms with Crippen LogP contribution in [0.4, 0.5) is 4.39 Å². The van der Waals surface area contributed by atoms with Crippen molar-refractivity contribution in [2.75, 3.05) is 26.7 Å². The fraction of sp³-hybridized carbons (Fsp3) is 0.480. The average Bonchev–Trinajstić information content (AvgIpc) is 3.65. The summed E-state index contributed by atoms with van der Waals surface area (Å²) < 4.78 is 48.6. The highest BCUT2D eigenvalue weighted by atomic mass is 32.2.